The standard InChI is InChI=1S/C12H12O2S/c1-8-2-3-10-9(4-8)5-11(15-10)12(13)6-14-7-12/h2-5,13H,6-7H2,1H3. The number of thiophene rings is 1. The summed E-state index contributed by atoms with van der Waals surface area (Å²) >= 11 is 1.66. The Labute approximate surface area is 92.1 Å². The first-order chi connectivity index (χ1) is 7.17. The molecule has 0 bridgehead atoms. The van der Waals surface area contributed by atoms with E-state index in [9.17, 15) is 5.11 Å². The topological polar surface area (TPSA) is 29.5 Å². The van der Waals surface area contributed by atoms with Gasteiger partial charge in [0.1, 0.15) is 5.60 Å². The Hall–Kier alpha value is -0.900. The third-order valence-electron chi connectivity index (χ3n) is 2.81. The number of fused-ring (bicyclic) bond motifs is 1. The SMILES string of the molecule is Cc1ccc2sc(C3(O)COC3)cc2c1. The smallest absolute Gasteiger partial charge is 0.145 e. The third-order valence-corrected chi connectivity index (χ3v) is 4.12. The third kappa shape index (κ3) is 1.39. The quantitative estimate of drug-likeness (QED) is 0.799. The molecular formula is C12H12O2S. The molecule has 78 valence electrons. The Bertz CT molecular complexity index is 511. The molecule has 1 aliphatic rings. The van der Waals surface area contributed by atoms with Gasteiger partial charge in [-0.05, 0) is 24.4 Å². The van der Waals surface area contributed by atoms with Crippen molar-refractivity contribution in [2.45, 2.75) is 12.5 Å². The Balaban J connectivity index is 2.14. The lowest BCUT2D eigenvalue weighted by molar-refractivity contribution is -0.182. The fourth-order valence-corrected chi connectivity index (χ4v) is 2.93. The van der Waals surface area contributed by atoms with Gasteiger partial charge >= 0.3 is 0 Å². The highest BCUT2D eigenvalue weighted by atomic mass is 32.1. The van der Waals surface area contributed by atoms with Gasteiger partial charge in [0.15, 0.2) is 0 Å². The molecule has 15 heavy (non-hydrogen) atoms. The van der Waals surface area contributed by atoms with Crippen LogP contribution in [0.25, 0.3) is 10.1 Å². The van der Waals surface area contributed by atoms with Gasteiger partial charge in [0.25, 0.3) is 0 Å². The van der Waals surface area contributed by atoms with Crippen LogP contribution >= 0.6 is 11.3 Å². The molecule has 1 aromatic carbocycles. The molecule has 3 heteroatoms. The first kappa shape index (κ1) is 9.33. The van der Waals surface area contributed by atoms with E-state index >= 15 is 0 Å². The van der Waals surface area contributed by atoms with E-state index in [2.05, 4.69) is 31.2 Å². The van der Waals surface area contributed by atoms with Crippen molar-refractivity contribution in [2.24, 2.45) is 0 Å². The van der Waals surface area contributed by atoms with Crippen LogP contribution in [0.2, 0.25) is 0 Å². The molecule has 2 nitrogen and oxygen atoms in total. The lowest BCUT2D eigenvalue weighted by Crippen LogP contribution is -2.45. The van der Waals surface area contributed by atoms with Crippen LogP contribution in [0.4, 0.5) is 0 Å². The van der Waals surface area contributed by atoms with Crippen LogP contribution in [0, 0.1) is 6.92 Å². The second kappa shape index (κ2) is 3.04. The van der Waals surface area contributed by atoms with Gasteiger partial charge in [0.2, 0.25) is 0 Å². The van der Waals surface area contributed by atoms with Crippen LogP contribution in [0.1, 0.15) is 10.4 Å². The summed E-state index contributed by atoms with van der Waals surface area (Å²) in [6, 6.07) is 8.44. The largest absolute Gasteiger partial charge is 0.379 e. The maximum Gasteiger partial charge on any atom is 0.145 e. The van der Waals surface area contributed by atoms with Crippen molar-refractivity contribution in [1.29, 1.82) is 0 Å². The molecule has 2 heterocycles. The predicted molar refractivity (Wildman–Crippen MR) is 61.3 cm³/mol. The van der Waals surface area contributed by atoms with E-state index in [4.69, 9.17) is 4.74 Å². The van der Waals surface area contributed by atoms with Crippen molar-refractivity contribution in [3.63, 3.8) is 0 Å². The number of ether oxygens (including phenoxy) is 1. The van der Waals surface area contributed by atoms with Gasteiger partial charge in [-0.25, -0.2) is 0 Å². The normalized spacial score (nSPS) is 19.1. The molecule has 1 aromatic heterocycles. The monoisotopic (exact) mass is 220 g/mol. The average Bonchev–Trinajstić information content (AvgIpc) is 2.57. The molecule has 0 radical (unpaired) electrons. The van der Waals surface area contributed by atoms with Crippen molar-refractivity contribution in [3.8, 4) is 0 Å². The summed E-state index contributed by atoms with van der Waals surface area (Å²) in [4.78, 5) is 1.02. The molecule has 0 spiro atoms. The zero-order valence-corrected chi connectivity index (χ0v) is 9.30. The first-order valence-corrected chi connectivity index (χ1v) is 5.80. The number of benzene rings is 1. The lowest BCUT2D eigenvalue weighted by atomic mass is 10.00. The van der Waals surface area contributed by atoms with E-state index in [1.54, 1.807) is 11.3 Å². The molecule has 0 atom stereocenters. The number of hydrogen-bond acceptors (Lipinski definition) is 3. The second-order valence-electron chi connectivity index (χ2n) is 4.18. The Morgan fingerprint density at radius 3 is 2.80 bits per heavy atom. The van der Waals surface area contributed by atoms with Crippen LogP contribution in [-0.4, -0.2) is 18.3 Å². The fraction of sp³-hybridized carbons (Fsp3) is 0.333. The summed E-state index contributed by atoms with van der Waals surface area (Å²) in [7, 11) is 0. The minimum atomic E-state index is -0.725. The van der Waals surface area contributed by atoms with E-state index < -0.39 is 5.60 Å². The average molecular weight is 220 g/mol. The Morgan fingerprint density at radius 1 is 1.33 bits per heavy atom. The highest BCUT2D eigenvalue weighted by molar-refractivity contribution is 7.19. The molecule has 0 amide bonds. The molecule has 2 aromatic rings. The molecule has 1 saturated heterocycles. The summed E-state index contributed by atoms with van der Waals surface area (Å²) < 4.78 is 6.30. The Kier molecular flexibility index (Phi) is 1.89. The van der Waals surface area contributed by atoms with Gasteiger partial charge in [-0.1, -0.05) is 17.7 Å². The van der Waals surface area contributed by atoms with Gasteiger partial charge in [-0.2, -0.15) is 0 Å². The molecular weight excluding hydrogens is 208 g/mol. The van der Waals surface area contributed by atoms with E-state index in [1.807, 2.05) is 0 Å². The van der Waals surface area contributed by atoms with Crippen LogP contribution in [-0.2, 0) is 10.3 Å². The fourth-order valence-electron chi connectivity index (χ4n) is 1.83. The summed E-state index contributed by atoms with van der Waals surface area (Å²) in [6.45, 7) is 2.94. The van der Waals surface area contributed by atoms with Crippen LogP contribution < -0.4 is 0 Å². The van der Waals surface area contributed by atoms with Gasteiger partial charge < -0.3 is 9.84 Å². The Morgan fingerprint density at radius 2 is 2.13 bits per heavy atom. The summed E-state index contributed by atoms with van der Waals surface area (Å²) in [5.41, 5.74) is 0.529. The molecule has 0 aliphatic carbocycles. The summed E-state index contributed by atoms with van der Waals surface area (Å²) in [5.74, 6) is 0. The van der Waals surface area contributed by atoms with Gasteiger partial charge in [0.05, 0.1) is 13.2 Å². The number of hydrogen-bond donors (Lipinski definition) is 1. The summed E-state index contributed by atoms with van der Waals surface area (Å²) in [5, 5.41) is 11.4. The van der Waals surface area contributed by atoms with E-state index in [1.165, 1.54) is 15.6 Å². The molecule has 3 rings (SSSR count). The van der Waals surface area contributed by atoms with E-state index in [0.717, 1.165) is 4.88 Å². The molecule has 1 N–H and O–H groups in total. The van der Waals surface area contributed by atoms with Gasteiger partial charge in [0, 0.05) is 9.58 Å². The van der Waals surface area contributed by atoms with Crippen molar-refractivity contribution >= 4 is 21.4 Å². The second-order valence-corrected chi connectivity index (χ2v) is 5.26. The van der Waals surface area contributed by atoms with Gasteiger partial charge in [-0.15, -0.1) is 11.3 Å². The van der Waals surface area contributed by atoms with Crippen molar-refractivity contribution in [3.05, 3.63) is 34.7 Å². The number of rotatable bonds is 1. The predicted octanol–water partition coefficient (Wildman–Crippen LogP) is 2.43. The van der Waals surface area contributed by atoms with E-state index in [0.29, 0.717) is 13.2 Å². The van der Waals surface area contributed by atoms with Crippen LogP contribution in [0.15, 0.2) is 24.3 Å². The summed E-state index contributed by atoms with van der Waals surface area (Å²) in [6.07, 6.45) is 0. The van der Waals surface area contributed by atoms with Crippen molar-refractivity contribution in [1.82, 2.24) is 0 Å². The van der Waals surface area contributed by atoms with Crippen molar-refractivity contribution < 1.29 is 9.84 Å². The molecule has 1 aliphatic heterocycles. The molecule has 1 fully saturated rings. The zero-order chi connectivity index (χ0) is 10.5. The van der Waals surface area contributed by atoms with E-state index in [-0.39, 0.29) is 0 Å². The van der Waals surface area contributed by atoms with Crippen molar-refractivity contribution in [2.75, 3.05) is 13.2 Å². The zero-order valence-electron chi connectivity index (χ0n) is 8.49. The minimum Gasteiger partial charge on any atom is -0.379 e. The van der Waals surface area contributed by atoms with Crippen LogP contribution in [0.3, 0.4) is 0 Å². The maximum absolute atomic E-state index is 10.1. The highest BCUT2D eigenvalue weighted by Crippen LogP contribution is 2.37. The lowest BCUT2D eigenvalue weighted by Gasteiger charge is -2.35. The van der Waals surface area contributed by atoms with Gasteiger partial charge in [-0.3, -0.25) is 0 Å². The molecule has 0 unspecified atom stereocenters. The number of aliphatic hydroxyl groups is 1. The number of aryl methyl sites for hydroxylation is 1. The maximum atomic E-state index is 10.1. The first-order valence-electron chi connectivity index (χ1n) is 4.98. The van der Waals surface area contributed by atoms with Crippen LogP contribution in [0.5, 0.6) is 0 Å². The highest BCUT2D eigenvalue weighted by Gasteiger charge is 2.39. The minimum absolute atomic E-state index is 0.429. The molecule has 0 saturated carbocycles.